The maximum Gasteiger partial charge on any atom is 0.244 e. The minimum absolute atomic E-state index is 0.520. The molecule has 1 atom stereocenters. The number of nitrogens with zero attached hydrogens (tertiary/aromatic N) is 3. The average molecular weight is 277 g/mol. The number of H-pyrrole nitrogens is 1. The molecule has 0 radical (unpaired) electrons. The van der Waals surface area contributed by atoms with Gasteiger partial charge in [0.05, 0.1) is 0 Å². The Labute approximate surface area is 121 Å². The fourth-order valence-corrected chi connectivity index (χ4v) is 3.43. The van der Waals surface area contributed by atoms with Crippen LogP contribution in [0.25, 0.3) is 0 Å². The van der Waals surface area contributed by atoms with Gasteiger partial charge in [0.15, 0.2) is 0 Å². The third-order valence-corrected chi connectivity index (χ3v) is 4.63. The van der Waals surface area contributed by atoms with E-state index < -0.39 is 0 Å². The molecule has 3 rings (SSSR count). The summed E-state index contributed by atoms with van der Waals surface area (Å²) in [6, 6.07) is 0.520. The molecule has 5 nitrogen and oxygen atoms in total. The zero-order chi connectivity index (χ0) is 13.8. The molecule has 1 aliphatic carbocycles. The van der Waals surface area contributed by atoms with Gasteiger partial charge >= 0.3 is 0 Å². The molecule has 0 spiro atoms. The number of aromatic nitrogens is 3. The lowest BCUT2D eigenvalue weighted by Crippen LogP contribution is -2.49. The van der Waals surface area contributed by atoms with Gasteiger partial charge in [0.1, 0.15) is 5.82 Å². The third kappa shape index (κ3) is 3.32. The fourth-order valence-electron chi connectivity index (χ4n) is 3.43. The van der Waals surface area contributed by atoms with Crippen molar-refractivity contribution >= 4 is 5.95 Å². The summed E-state index contributed by atoms with van der Waals surface area (Å²) < 4.78 is 0. The van der Waals surface area contributed by atoms with Gasteiger partial charge in [-0.25, -0.2) is 0 Å². The van der Waals surface area contributed by atoms with E-state index in [2.05, 4.69) is 27.3 Å². The van der Waals surface area contributed by atoms with Crippen LogP contribution in [0.2, 0.25) is 0 Å². The monoisotopic (exact) mass is 277 g/mol. The van der Waals surface area contributed by atoms with Gasteiger partial charge in [0, 0.05) is 31.6 Å². The van der Waals surface area contributed by atoms with E-state index in [1.807, 2.05) is 0 Å². The van der Waals surface area contributed by atoms with Gasteiger partial charge in [-0.1, -0.05) is 32.1 Å². The van der Waals surface area contributed by atoms with Crippen molar-refractivity contribution in [1.82, 2.24) is 20.5 Å². The molecule has 1 unspecified atom stereocenters. The molecule has 0 bridgehead atoms. The van der Waals surface area contributed by atoms with Gasteiger partial charge in [-0.2, -0.15) is 4.98 Å². The first kappa shape index (κ1) is 13.9. The molecule has 2 heterocycles. The Balaban J connectivity index is 1.65. The lowest BCUT2D eigenvalue weighted by atomic mass is 9.91. The lowest BCUT2D eigenvalue weighted by molar-refractivity contribution is 0.443. The Hall–Kier alpha value is -1.10. The number of hydrogen-bond donors (Lipinski definition) is 2. The number of aromatic amines is 1. The standard InChI is InChI=1S/C15H27N5/c1-12-11-20(10-9-16-12)15-17-14(18-19-15)13-7-5-3-2-4-6-8-13/h12-13,16H,2-11H2,1H3,(H,17,18,19). The smallest absolute Gasteiger partial charge is 0.244 e. The van der Waals surface area contributed by atoms with Gasteiger partial charge in [-0.15, -0.1) is 5.10 Å². The van der Waals surface area contributed by atoms with E-state index in [4.69, 9.17) is 4.98 Å². The molecule has 2 N–H and O–H groups in total. The minimum Gasteiger partial charge on any atom is -0.337 e. The first-order valence-corrected chi connectivity index (χ1v) is 8.23. The highest BCUT2D eigenvalue weighted by Gasteiger charge is 2.22. The molecule has 0 amide bonds. The van der Waals surface area contributed by atoms with Crippen LogP contribution in [0.4, 0.5) is 5.95 Å². The molecular weight excluding hydrogens is 250 g/mol. The Bertz CT molecular complexity index is 408. The number of anilines is 1. The van der Waals surface area contributed by atoms with Crippen molar-refractivity contribution in [2.75, 3.05) is 24.5 Å². The molecular formula is C15H27N5. The van der Waals surface area contributed by atoms with Crippen molar-refractivity contribution in [3.8, 4) is 0 Å². The Kier molecular flexibility index (Phi) is 4.55. The van der Waals surface area contributed by atoms with Crippen molar-refractivity contribution in [3.63, 3.8) is 0 Å². The Morgan fingerprint density at radius 1 is 1.10 bits per heavy atom. The van der Waals surface area contributed by atoms with Crippen LogP contribution in [-0.2, 0) is 0 Å². The minimum atomic E-state index is 0.520. The first-order valence-electron chi connectivity index (χ1n) is 8.23. The number of nitrogens with one attached hydrogen (secondary N) is 2. The van der Waals surface area contributed by atoms with Crippen molar-refractivity contribution in [2.24, 2.45) is 0 Å². The van der Waals surface area contributed by atoms with Crippen LogP contribution in [0, 0.1) is 0 Å². The van der Waals surface area contributed by atoms with E-state index >= 15 is 0 Å². The van der Waals surface area contributed by atoms with E-state index in [1.54, 1.807) is 0 Å². The average Bonchev–Trinajstić information content (AvgIpc) is 2.88. The molecule has 112 valence electrons. The molecule has 1 saturated carbocycles. The highest BCUT2D eigenvalue weighted by molar-refractivity contribution is 5.30. The summed E-state index contributed by atoms with van der Waals surface area (Å²) in [6.07, 6.45) is 9.39. The molecule has 1 saturated heterocycles. The second-order valence-electron chi connectivity index (χ2n) is 6.36. The van der Waals surface area contributed by atoms with Crippen LogP contribution in [0.1, 0.15) is 63.6 Å². The topological polar surface area (TPSA) is 56.8 Å². The SMILES string of the molecule is CC1CN(c2n[nH]c(C3CCCCCCC3)n2)CCN1. The Morgan fingerprint density at radius 3 is 2.60 bits per heavy atom. The third-order valence-electron chi connectivity index (χ3n) is 4.63. The maximum absolute atomic E-state index is 4.80. The van der Waals surface area contributed by atoms with E-state index in [-0.39, 0.29) is 0 Å². The van der Waals surface area contributed by atoms with E-state index in [9.17, 15) is 0 Å². The lowest BCUT2D eigenvalue weighted by Gasteiger charge is -2.30. The molecule has 0 aromatic carbocycles. The summed E-state index contributed by atoms with van der Waals surface area (Å²) >= 11 is 0. The second-order valence-corrected chi connectivity index (χ2v) is 6.36. The van der Waals surface area contributed by atoms with Crippen LogP contribution in [0.3, 0.4) is 0 Å². The van der Waals surface area contributed by atoms with Crippen LogP contribution in [0.15, 0.2) is 0 Å². The summed E-state index contributed by atoms with van der Waals surface area (Å²) in [5.74, 6) is 2.61. The van der Waals surface area contributed by atoms with Crippen molar-refractivity contribution in [2.45, 2.75) is 63.8 Å². The second kappa shape index (κ2) is 6.57. The molecule has 1 aromatic heterocycles. The summed E-state index contributed by atoms with van der Waals surface area (Å²) in [4.78, 5) is 7.09. The molecule has 1 aliphatic heterocycles. The Morgan fingerprint density at radius 2 is 1.85 bits per heavy atom. The van der Waals surface area contributed by atoms with Crippen molar-refractivity contribution in [3.05, 3.63) is 5.82 Å². The predicted molar refractivity (Wildman–Crippen MR) is 81.1 cm³/mol. The highest BCUT2D eigenvalue weighted by Crippen LogP contribution is 2.29. The molecule has 20 heavy (non-hydrogen) atoms. The first-order chi connectivity index (χ1) is 9.83. The molecule has 5 heteroatoms. The summed E-state index contributed by atoms with van der Waals surface area (Å²) in [5, 5.41) is 11.1. The van der Waals surface area contributed by atoms with Crippen LogP contribution >= 0.6 is 0 Å². The predicted octanol–water partition coefficient (Wildman–Crippen LogP) is 2.43. The fraction of sp³-hybridized carbons (Fsp3) is 0.867. The van der Waals surface area contributed by atoms with Gasteiger partial charge < -0.3 is 10.2 Å². The van der Waals surface area contributed by atoms with E-state index in [1.165, 1.54) is 44.9 Å². The molecule has 2 aliphatic rings. The largest absolute Gasteiger partial charge is 0.337 e. The van der Waals surface area contributed by atoms with Crippen molar-refractivity contribution in [1.29, 1.82) is 0 Å². The normalized spacial score (nSPS) is 26.2. The molecule has 1 aromatic rings. The summed E-state index contributed by atoms with van der Waals surface area (Å²) in [6.45, 7) is 5.25. The van der Waals surface area contributed by atoms with Gasteiger partial charge in [0.2, 0.25) is 5.95 Å². The van der Waals surface area contributed by atoms with Gasteiger partial charge in [-0.3, -0.25) is 5.10 Å². The maximum atomic E-state index is 4.80. The van der Waals surface area contributed by atoms with Crippen molar-refractivity contribution < 1.29 is 0 Å². The quantitative estimate of drug-likeness (QED) is 0.871. The number of piperazine rings is 1. The summed E-state index contributed by atoms with van der Waals surface area (Å²) in [7, 11) is 0. The molecule has 2 fully saturated rings. The van der Waals surface area contributed by atoms with Gasteiger partial charge in [0.25, 0.3) is 0 Å². The number of hydrogen-bond acceptors (Lipinski definition) is 4. The van der Waals surface area contributed by atoms with Crippen LogP contribution in [-0.4, -0.2) is 40.9 Å². The van der Waals surface area contributed by atoms with E-state index in [0.717, 1.165) is 31.4 Å². The highest BCUT2D eigenvalue weighted by atomic mass is 15.4. The zero-order valence-corrected chi connectivity index (χ0v) is 12.6. The van der Waals surface area contributed by atoms with E-state index in [0.29, 0.717) is 12.0 Å². The zero-order valence-electron chi connectivity index (χ0n) is 12.6. The van der Waals surface area contributed by atoms with Crippen LogP contribution < -0.4 is 10.2 Å². The number of rotatable bonds is 2. The van der Waals surface area contributed by atoms with Crippen LogP contribution in [0.5, 0.6) is 0 Å². The summed E-state index contributed by atoms with van der Waals surface area (Å²) in [5.41, 5.74) is 0. The van der Waals surface area contributed by atoms with Gasteiger partial charge in [-0.05, 0) is 19.8 Å².